The first-order chi connectivity index (χ1) is 8.84. The van der Waals surface area contributed by atoms with E-state index < -0.39 is 11.5 Å². The van der Waals surface area contributed by atoms with Crippen LogP contribution in [0.4, 0.5) is 0 Å². The van der Waals surface area contributed by atoms with Crippen LogP contribution in [0.15, 0.2) is 22.8 Å². The Bertz CT molecular complexity index is 542. The van der Waals surface area contributed by atoms with Crippen LogP contribution in [0.25, 0.3) is 0 Å². The Labute approximate surface area is 112 Å². The highest BCUT2D eigenvalue weighted by molar-refractivity contribution is 5.96. The van der Waals surface area contributed by atoms with E-state index in [9.17, 15) is 14.7 Å². The van der Waals surface area contributed by atoms with Gasteiger partial charge in [0.05, 0.1) is 0 Å². The fraction of sp³-hybridized carbons (Fsp3) is 0.600. The van der Waals surface area contributed by atoms with E-state index in [1.165, 1.54) is 0 Å². The van der Waals surface area contributed by atoms with E-state index in [4.69, 9.17) is 4.74 Å². The molecule has 1 fully saturated rings. The zero-order valence-corrected chi connectivity index (χ0v) is 11.4. The van der Waals surface area contributed by atoms with Gasteiger partial charge in [-0.25, -0.2) is 4.79 Å². The van der Waals surface area contributed by atoms with Crippen molar-refractivity contribution in [2.45, 2.75) is 45.8 Å². The minimum atomic E-state index is -0.998. The van der Waals surface area contributed by atoms with Crippen molar-refractivity contribution in [3.8, 4) is 0 Å². The van der Waals surface area contributed by atoms with Gasteiger partial charge >= 0.3 is 5.97 Å². The van der Waals surface area contributed by atoms with Gasteiger partial charge in [0, 0.05) is 11.0 Å². The standard InChI is InChI=1S/C15H18O4/c1-7-4-11(16)13(17)15(3)6-12-9(5-10(7)15)8(2)14(18)19-12/h4,10,12-13,17H,5-6H2,1-3H3. The molecule has 4 nitrogen and oxygen atoms in total. The molecule has 4 atom stereocenters. The fourth-order valence-corrected chi connectivity index (χ4v) is 3.82. The second-order valence-electron chi connectivity index (χ2n) is 6.20. The molecule has 3 rings (SSSR count). The van der Waals surface area contributed by atoms with Gasteiger partial charge in [-0.1, -0.05) is 12.5 Å². The lowest BCUT2D eigenvalue weighted by Crippen LogP contribution is -2.51. The molecule has 0 radical (unpaired) electrons. The highest BCUT2D eigenvalue weighted by Gasteiger charge is 2.54. The largest absolute Gasteiger partial charge is 0.454 e. The topological polar surface area (TPSA) is 63.6 Å². The van der Waals surface area contributed by atoms with Gasteiger partial charge in [0.1, 0.15) is 12.2 Å². The number of hydrogen-bond donors (Lipinski definition) is 1. The van der Waals surface area contributed by atoms with Crippen LogP contribution >= 0.6 is 0 Å². The maximum atomic E-state index is 11.8. The molecule has 2 aliphatic carbocycles. The Balaban J connectivity index is 2.06. The van der Waals surface area contributed by atoms with E-state index in [0.29, 0.717) is 18.4 Å². The Morgan fingerprint density at radius 2 is 2.05 bits per heavy atom. The molecule has 0 bridgehead atoms. The van der Waals surface area contributed by atoms with Crippen LogP contribution in [0.5, 0.6) is 0 Å². The normalized spacial score (nSPS) is 41.7. The van der Waals surface area contributed by atoms with Crippen molar-refractivity contribution in [1.82, 2.24) is 0 Å². The molecule has 0 aromatic carbocycles. The molecule has 1 saturated carbocycles. The van der Waals surface area contributed by atoms with Gasteiger partial charge in [0.25, 0.3) is 0 Å². The molecular weight excluding hydrogens is 244 g/mol. The van der Waals surface area contributed by atoms with Crippen LogP contribution < -0.4 is 0 Å². The summed E-state index contributed by atoms with van der Waals surface area (Å²) in [6.45, 7) is 5.65. The third-order valence-corrected chi connectivity index (χ3v) is 5.08. The van der Waals surface area contributed by atoms with Crippen LogP contribution in [-0.4, -0.2) is 29.1 Å². The van der Waals surface area contributed by atoms with E-state index in [0.717, 1.165) is 11.1 Å². The SMILES string of the molecule is CC1=CC(=O)C(O)C2(C)CC3OC(=O)C(C)=C3CC12. The first kappa shape index (κ1) is 12.6. The van der Waals surface area contributed by atoms with Crippen LogP contribution in [0.3, 0.4) is 0 Å². The van der Waals surface area contributed by atoms with E-state index in [1.54, 1.807) is 13.0 Å². The highest BCUT2D eigenvalue weighted by Crippen LogP contribution is 2.53. The van der Waals surface area contributed by atoms with Crippen LogP contribution in [0.1, 0.15) is 33.6 Å². The van der Waals surface area contributed by atoms with Crippen molar-refractivity contribution >= 4 is 11.8 Å². The number of allylic oxidation sites excluding steroid dienone is 1. The predicted molar refractivity (Wildman–Crippen MR) is 68.2 cm³/mol. The maximum absolute atomic E-state index is 11.8. The fourth-order valence-electron chi connectivity index (χ4n) is 3.82. The Morgan fingerprint density at radius 1 is 1.37 bits per heavy atom. The van der Waals surface area contributed by atoms with E-state index >= 15 is 0 Å². The van der Waals surface area contributed by atoms with Crippen LogP contribution in [0.2, 0.25) is 0 Å². The third-order valence-electron chi connectivity index (χ3n) is 5.08. The van der Waals surface area contributed by atoms with Crippen molar-refractivity contribution < 1.29 is 19.4 Å². The molecule has 102 valence electrons. The molecule has 1 heterocycles. The molecule has 1 N–H and O–H groups in total. The zero-order valence-electron chi connectivity index (χ0n) is 11.4. The van der Waals surface area contributed by atoms with Gasteiger partial charge < -0.3 is 9.84 Å². The van der Waals surface area contributed by atoms with E-state index in [1.807, 2.05) is 13.8 Å². The molecule has 0 spiro atoms. The van der Waals surface area contributed by atoms with E-state index in [-0.39, 0.29) is 23.8 Å². The molecule has 4 unspecified atom stereocenters. The number of fused-ring (bicyclic) bond motifs is 2. The first-order valence-corrected chi connectivity index (χ1v) is 6.65. The highest BCUT2D eigenvalue weighted by atomic mass is 16.5. The molecule has 0 aromatic rings. The second kappa shape index (κ2) is 3.79. The summed E-state index contributed by atoms with van der Waals surface area (Å²) >= 11 is 0. The molecule has 19 heavy (non-hydrogen) atoms. The minimum absolute atomic E-state index is 0.107. The summed E-state index contributed by atoms with van der Waals surface area (Å²) < 4.78 is 5.36. The predicted octanol–water partition coefficient (Wildman–Crippen LogP) is 1.53. The van der Waals surface area contributed by atoms with Gasteiger partial charge in [-0.2, -0.15) is 0 Å². The van der Waals surface area contributed by atoms with E-state index in [2.05, 4.69) is 0 Å². The van der Waals surface area contributed by atoms with Crippen molar-refractivity contribution in [3.05, 3.63) is 22.8 Å². The molecular formula is C15H18O4. The lowest BCUT2D eigenvalue weighted by atomic mass is 9.57. The summed E-state index contributed by atoms with van der Waals surface area (Å²) in [5.41, 5.74) is 2.21. The summed E-state index contributed by atoms with van der Waals surface area (Å²) in [5.74, 6) is -0.384. The van der Waals surface area contributed by atoms with Gasteiger partial charge in [-0.05, 0) is 44.3 Å². The minimum Gasteiger partial charge on any atom is -0.454 e. The third kappa shape index (κ3) is 1.56. The average molecular weight is 262 g/mol. The lowest BCUT2D eigenvalue weighted by Gasteiger charge is -2.48. The number of rotatable bonds is 0. The summed E-state index contributed by atoms with van der Waals surface area (Å²) in [6.07, 6.45) is 1.51. The molecule has 0 saturated heterocycles. The van der Waals surface area contributed by atoms with Crippen molar-refractivity contribution in [2.75, 3.05) is 0 Å². The van der Waals surface area contributed by atoms with Crippen molar-refractivity contribution in [3.63, 3.8) is 0 Å². The monoisotopic (exact) mass is 262 g/mol. The number of carbonyl (C=O) groups is 2. The van der Waals surface area contributed by atoms with Gasteiger partial charge in [0.15, 0.2) is 5.78 Å². The molecule has 0 amide bonds. The summed E-state index contributed by atoms with van der Waals surface area (Å²) in [7, 11) is 0. The lowest BCUT2D eigenvalue weighted by molar-refractivity contribution is -0.146. The molecule has 1 aliphatic heterocycles. The van der Waals surface area contributed by atoms with Crippen molar-refractivity contribution in [2.24, 2.45) is 11.3 Å². The Morgan fingerprint density at radius 3 is 2.74 bits per heavy atom. The second-order valence-corrected chi connectivity index (χ2v) is 6.20. The molecule has 0 aromatic heterocycles. The van der Waals surface area contributed by atoms with Gasteiger partial charge in [0.2, 0.25) is 0 Å². The number of aliphatic hydroxyl groups excluding tert-OH is 1. The maximum Gasteiger partial charge on any atom is 0.334 e. The number of carbonyl (C=O) groups excluding carboxylic acids is 2. The average Bonchev–Trinajstić information content (AvgIpc) is 2.60. The zero-order chi connectivity index (χ0) is 13.9. The molecule has 3 aliphatic rings. The first-order valence-electron chi connectivity index (χ1n) is 6.65. The van der Waals surface area contributed by atoms with Gasteiger partial charge in [-0.15, -0.1) is 0 Å². The van der Waals surface area contributed by atoms with Gasteiger partial charge in [-0.3, -0.25) is 4.79 Å². The Kier molecular flexibility index (Phi) is 2.52. The number of ketones is 1. The van der Waals surface area contributed by atoms with Crippen molar-refractivity contribution in [1.29, 1.82) is 0 Å². The Hall–Kier alpha value is -1.42. The number of ether oxygens (including phenoxy) is 1. The quantitative estimate of drug-likeness (QED) is 0.672. The summed E-state index contributed by atoms with van der Waals surface area (Å²) in [4.78, 5) is 23.5. The number of hydrogen-bond acceptors (Lipinski definition) is 4. The smallest absolute Gasteiger partial charge is 0.334 e. The van der Waals surface area contributed by atoms with Crippen LogP contribution in [-0.2, 0) is 14.3 Å². The summed E-state index contributed by atoms with van der Waals surface area (Å²) in [5, 5.41) is 10.3. The number of aliphatic hydroxyl groups is 1. The summed E-state index contributed by atoms with van der Waals surface area (Å²) in [6, 6.07) is 0. The molecule has 4 heteroatoms. The van der Waals surface area contributed by atoms with Crippen LogP contribution in [0, 0.1) is 11.3 Å². The number of esters is 1.